The average Bonchev–Trinajstić information content (AvgIpc) is 2.84. The second-order valence-electron chi connectivity index (χ2n) is 9.20. The molecule has 0 atom stereocenters. The molecule has 36 heavy (non-hydrogen) atoms. The van der Waals surface area contributed by atoms with Crippen molar-refractivity contribution in [1.29, 1.82) is 0 Å². The van der Waals surface area contributed by atoms with Gasteiger partial charge in [-0.2, -0.15) is 0 Å². The first kappa shape index (κ1) is 27.2. The van der Waals surface area contributed by atoms with Gasteiger partial charge in [0.2, 0.25) is 0 Å². The summed E-state index contributed by atoms with van der Waals surface area (Å²) in [4.78, 5) is 39.1. The Balaban J connectivity index is 2.06. The van der Waals surface area contributed by atoms with Crippen LogP contribution in [0.3, 0.4) is 0 Å². The largest absolute Gasteiger partial charge is 0.463 e. The van der Waals surface area contributed by atoms with E-state index in [4.69, 9.17) is 14.2 Å². The number of ether oxygens (including phenoxy) is 3. The molecule has 1 aromatic rings. The van der Waals surface area contributed by atoms with Crippen molar-refractivity contribution in [2.75, 3.05) is 13.2 Å². The van der Waals surface area contributed by atoms with Gasteiger partial charge in [0.05, 0.1) is 30.3 Å². The minimum atomic E-state index is -0.723. The zero-order valence-corrected chi connectivity index (χ0v) is 21.9. The molecule has 1 N–H and O–H groups in total. The van der Waals surface area contributed by atoms with Crippen LogP contribution in [0, 0.1) is 0 Å². The zero-order valence-electron chi connectivity index (χ0n) is 21.9. The van der Waals surface area contributed by atoms with Gasteiger partial charge in [0.15, 0.2) is 0 Å². The Morgan fingerprint density at radius 1 is 0.917 bits per heavy atom. The summed E-state index contributed by atoms with van der Waals surface area (Å²) in [6.07, 6.45) is 6.83. The van der Waals surface area contributed by atoms with Crippen LogP contribution in [-0.4, -0.2) is 37.2 Å². The molecule has 1 saturated carbocycles. The number of esters is 3. The third-order valence-corrected chi connectivity index (χ3v) is 6.58. The number of benzene rings is 1. The highest BCUT2D eigenvalue weighted by Crippen LogP contribution is 2.41. The SMILES string of the molecule is CCOC(=O)C1=C(C)NC(C)=C(C(=O)OCC)C1c1ccccc1/C=C(\C)C(=O)OC1CCCCC1. The van der Waals surface area contributed by atoms with E-state index in [1.54, 1.807) is 40.7 Å². The van der Waals surface area contributed by atoms with Crippen LogP contribution < -0.4 is 5.32 Å². The second kappa shape index (κ2) is 12.6. The molecule has 7 heteroatoms. The molecule has 1 aliphatic carbocycles. The fourth-order valence-electron chi connectivity index (χ4n) is 4.89. The zero-order chi connectivity index (χ0) is 26.2. The molecule has 0 unspecified atom stereocenters. The third kappa shape index (κ3) is 6.25. The van der Waals surface area contributed by atoms with E-state index in [0.717, 1.165) is 25.7 Å². The van der Waals surface area contributed by atoms with Gasteiger partial charge >= 0.3 is 17.9 Å². The highest BCUT2D eigenvalue weighted by atomic mass is 16.5. The van der Waals surface area contributed by atoms with Gasteiger partial charge in [-0.05, 0) is 77.5 Å². The van der Waals surface area contributed by atoms with Crippen LogP contribution in [0.2, 0.25) is 0 Å². The maximum Gasteiger partial charge on any atom is 0.336 e. The highest BCUT2D eigenvalue weighted by molar-refractivity contribution is 6.00. The van der Waals surface area contributed by atoms with Crippen LogP contribution in [-0.2, 0) is 28.6 Å². The number of hydrogen-bond acceptors (Lipinski definition) is 7. The topological polar surface area (TPSA) is 90.9 Å². The van der Waals surface area contributed by atoms with E-state index in [1.807, 2.05) is 24.3 Å². The molecular formula is C29H37NO6. The molecule has 3 rings (SSSR count). The predicted octanol–water partition coefficient (Wildman–Crippen LogP) is 5.33. The van der Waals surface area contributed by atoms with Gasteiger partial charge in [0.25, 0.3) is 0 Å². The summed E-state index contributed by atoms with van der Waals surface area (Å²) in [7, 11) is 0. The molecule has 0 aromatic heterocycles. The fourth-order valence-corrected chi connectivity index (χ4v) is 4.89. The number of nitrogens with one attached hydrogen (secondary N) is 1. The van der Waals surface area contributed by atoms with E-state index in [2.05, 4.69) is 5.32 Å². The minimum Gasteiger partial charge on any atom is -0.463 e. The number of allylic oxidation sites excluding steroid dienone is 2. The first-order chi connectivity index (χ1) is 17.3. The average molecular weight is 496 g/mol. The van der Waals surface area contributed by atoms with Crippen molar-refractivity contribution >= 4 is 24.0 Å². The fraction of sp³-hybridized carbons (Fsp3) is 0.483. The lowest BCUT2D eigenvalue weighted by molar-refractivity contribution is -0.145. The van der Waals surface area contributed by atoms with Crippen molar-refractivity contribution in [2.45, 2.75) is 78.7 Å². The normalized spacial score (nSPS) is 17.5. The molecule has 1 fully saturated rings. The summed E-state index contributed by atoms with van der Waals surface area (Å²) in [5, 5.41) is 3.15. The van der Waals surface area contributed by atoms with Crippen LogP contribution in [0.5, 0.6) is 0 Å². The highest BCUT2D eigenvalue weighted by Gasteiger charge is 2.38. The molecule has 1 aromatic carbocycles. The van der Waals surface area contributed by atoms with Crippen LogP contribution in [0.4, 0.5) is 0 Å². The van der Waals surface area contributed by atoms with Gasteiger partial charge in [0, 0.05) is 17.0 Å². The van der Waals surface area contributed by atoms with Crippen molar-refractivity contribution in [2.24, 2.45) is 0 Å². The van der Waals surface area contributed by atoms with E-state index >= 15 is 0 Å². The van der Waals surface area contributed by atoms with Gasteiger partial charge in [-0.3, -0.25) is 0 Å². The third-order valence-electron chi connectivity index (χ3n) is 6.58. The van der Waals surface area contributed by atoms with Crippen LogP contribution in [0.25, 0.3) is 6.08 Å². The molecule has 0 saturated heterocycles. The Labute approximate surface area is 213 Å². The van der Waals surface area contributed by atoms with Gasteiger partial charge in [-0.15, -0.1) is 0 Å². The van der Waals surface area contributed by atoms with E-state index in [1.165, 1.54) is 6.42 Å². The summed E-state index contributed by atoms with van der Waals surface area (Å²) < 4.78 is 16.5. The van der Waals surface area contributed by atoms with E-state index in [-0.39, 0.29) is 25.3 Å². The summed E-state index contributed by atoms with van der Waals surface area (Å²) in [5.74, 6) is -2.08. The number of carbonyl (C=O) groups excluding carboxylic acids is 3. The smallest absolute Gasteiger partial charge is 0.336 e. The molecule has 1 aliphatic heterocycles. The molecule has 2 aliphatic rings. The molecule has 1 heterocycles. The Morgan fingerprint density at radius 2 is 1.47 bits per heavy atom. The lowest BCUT2D eigenvalue weighted by Crippen LogP contribution is -2.32. The van der Waals surface area contributed by atoms with Gasteiger partial charge in [-0.1, -0.05) is 30.7 Å². The number of dihydropyridines is 1. The summed E-state index contributed by atoms with van der Waals surface area (Å²) in [6.45, 7) is 9.19. The molecule has 194 valence electrons. The molecule has 0 amide bonds. The molecule has 0 bridgehead atoms. The standard InChI is InChI=1S/C29H37NO6/c1-6-34-28(32)24-19(4)30-20(5)25(29(33)35-7-2)26(24)23-16-12-11-13-21(23)17-18(3)27(31)36-22-14-9-8-10-15-22/h11-13,16-17,22,26,30H,6-10,14-15H2,1-5H3/b18-17+. The maximum absolute atomic E-state index is 13.1. The molecular weight excluding hydrogens is 458 g/mol. The summed E-state index contributed by atoms with van der Waals surface area (Å²) >= 11 is 0. The number of hydrogen-bond donors (Lipinski definition) is 1. The van der Waals surface area contributed by atoms with Gasteiger partial charge < -0.3 is 19.5 Å². The van der Waals surface area contributed by atoms with Crippen molar-refractivity contribution < 1.29 is 28.6 Å². The van der Waals surface area contributed by atoms with E-state index < -0.39 is 17.9 Å². The predicted molar refractivity (Wildman–Crippen MR) is 138 cm³/mol. The summed E-state index contributed by atoms with van der Waals surface area (Å²) in [6, 6.07) is 7.43. The lowest BCUT2D eigenvalue weighted by atomic mass is 9.78. The van der Waals surface area contributed by atoms with Crippen LogP contribution in [0.15, 0.2) is 52.4 Å². The Morgan fingerprint density at radius 3 is 2.03 bits per heavy atom. The van der Waals surface area contributed by atoms with Crippen LogP contribution in [0.1, 0.15) is 83.8 Å². The van der Waals surface area contributed by atoms with Crippen molar-refractivity contribution in [3.05, 3.63) is 63.5 Å². The summed E-state index contributed by atoms with van der Waals surface area (Å²) in [5.41, 5.74) is 3.77. The Hall–Kier alpha value is -3.35. The lowest BCUT2D eigenvalue weighted by Gasteiger charge is -2.31. The first-order valence-electron chi connectivity index (χ1n) is 12.8. The van der Waals surface area contributed by atoms with E-state index in [9.17, 15) is 14.4 Å². The van der Waals surface area contributed by atoms with Crippen LogP contribution >= 0.6 is 0 Å². The maximum atomic E-state index is 13.1. The van der Waals surface area contributed by atoms with Crippen molar-refractivity contribution in [1.82, 2.24) is 5.32 Å². The van der Waals surface area contributed by atoms with Crippen molar-refractivity contribution in [3.8, 4) is 0 Å². The second-order valence-corrected chi connectivity index (χ2v) is 9.20. The number of rotatable bonds is 8. The van der Waals surface area contributed by atoms with Gasteiger partial charge in [0.1, 0.15) is 6.10 Å². The van der Waals surface area contributed by atoms with Crippen molar-refractivity contribution in [3.63, 3.8) is 0 Å². The number of carbonyl (C=O) groups is 3. The van der Waals surface area contributed by atoms with E-state index in [0.29, 0.717) is 39.2 Å². The minimum absolute atomic E-state index is 0.0451. The van der Waals surface area contributed by atoms with Gasteiger partial charge in [-0.25, -0.2) is 14.4 Å². The first-order valence-corrected chi connectivity index (χ1v) is 12.8. The molecule has 0 spiro atoms. The Kier molecular flexibility index (Phi) is 9.51. The Bertz CT molecular complexity index is 1050. The quantitative estimate of drug-likeness (QED) is 0.296. The molecule has 7 nitrogen and oxygen atoms in total. The molecule has 0 radical (unpaired) electrons. The monoisotopic (exact) mass is 495 g/mol.